The van der Waals surface area contributed by atoms with Gasteiger partial charge >= 0.3 is 5.69 Å². The molecule has 2 rings (SSSR count). The molecule has 0 aliphatic heterocycles. The van der Waals surface area contributed by atoms with Crippen LogP contribution in [0.25, 0.3) is 0 Å². The molecule has 6 heteroatoms. The van der Waals surface area contributed by atoms with Crippen molar-refractivity contribution >= 4 is 17.1 Å². The van der Waals surface area contributed by atoms with E-state index in [9.17, 15) is 15.2 Å². The fourth-order valence-electron chi connectivity index (χ4n) is 2.70. The van der Waals surface area contributed by atoms with E-state index in [1.165, 1.54) is 0 Å². The Morgan fingerprint density at radius 2 is 2.20 bits per heavy atom. The van der Waals surface area contributed by atoms with Crippen LogP contribution in [0.1, 0.15) is 19.8 Å². The summed E-state index contributed by atoms with van der Waals surface area (Å²) in [5.74, 6) is 0.414. The molecule has 20 heavy (non-hydrogen) atoms. The van der Waals surface area contributed by atoms with Gasteiger partial charge in [0.1, 0.15) is 11.4 Å². The van der Waals surface area contributed by atoms with Gasteiger partial charge in [-0.15, -0.1) is 0 Å². The van der Waals surface area contributed by atoms with E-state index in [2.05, 4.69) is 5.32 Å². The van der Waals surface area contributed by atoms with Crippen LogP contribution in [0.2, 0.25) is 0 Å². The normalized spacial score (nSPS) is 21.1. The Bertz CT molecular complexity index is 487. The summed E-state index contributed by atoms with van der Waals surface area (Å²) in [5.41, 5.74) is 1.29. The van der Waals surface area contributed by atoms with Gasteiger partial charge in [-0.05, 0) is 37.8 Å². The van der Waals surface area contributed by atoms with Gasteiger partial charge in [-0.2, -0.15) is 0 Å². The van der Waals surface area contributed by atoms with Gasteiger partial charge in [0.25, 0.3) is 0 Å². The van der Waals surface area contributed by atoms with E-state index in [1.54, 1.807) is 12.1 Å². The Balaban J connectivity index is 2.20. The lowest BCUT2D eigenvalue weighted by molar-refractivity contribution is -0.383. The van der Waals surface area contributed by atoms with E-state index in [1.807, 2.05) is 24.9 Å². The number of anilines is 2. The van der Waals surface area contributed by atoms with Crippen LogP contribution in [0, 0.1) is 16.0 Å². The molecule has 0 unspecified atom stereocenters. The van der Waals surface area contributed by atoms with Crippen LogP contribution >= 0.6 is 0 Å². The minimum atomic E-state index is -0.334. The number of para-hydroxylation sites is 1. The summed E-state index contributed by atoms with van der Waals surface area (Å²) in [5, 5.41) is 23.7. The zero-order chi connectivity index (χ0) is 14.7. The second-order valence-corrected chi connectivity index (χ2v) is 5.33. The molecular weight excluding hydrogens is 258 g/mol. The van der Waals surface area contributed by atoms with Crippen LogP contribution in [-0.4, -0.2) is 36.3 Å². The smallest absolute Gasteiger partial charge is 0.315 e. The van der Waals surface area contributed by atoms with Crippen LogP contribution in [0.4, 0.5) is 17.1 Å². The van der Waals surface area contributed by atoms with Gasteiger partial charge in [-0.1, -0.05) is 6.07 Å². The number of nitrogens with zero attached hydrogens (tertiary/aromatic N) is 2. The summed E-state index contributed by atoms with van der Waals surface area (Å²) in [6.45, 7) is 3.28. The first-order valence-electron chi connectivity index (χ1n) is 6.93. The lowest BCUT2D eigenvalue weighted by Crippen LogP contribution is -2.37. The number of nitro groups is 1. The third-order valence-corrected chi connectivity index (χ3v) is 3.72. The number of rotatable bonds is 6. The second-order valence-electron chi connectivity index (χ2n) is 5.33. The lowest BCUT2D eigenvalue weighted by atomic mass is 9.82. The molecule has 1 aliphatic carbocycles. The quantitative estimate of drug-likeness (QED) is 0.616. The van der Waals surface area contributed by atoms with Crippen molar-refractivity contribution in [1.82, 2.24) is 0 Å². The van der Waals surface area contributed by atoms with Gasteiger partial charge in [-0.25, -0.2) is 0 Å². The Labute approximate surface area is 118 Å². The molecule has 0 atom stereocenters. The molecule has 0 amide bonds. The van der Waals surface area contributed by atoms with Crippen molar-refractivity contribution in [3.8, 4) is 0 Å². The molecule has 0 heterocycles. The van der Waals surface area contributed by atoms with Crippen LogP contribution in [0.3, 0.4) is 0 Å². The van der Waals surface area contributed by atoms with E-state index < -0.39 is 0 Å². The predicted octanol–water partition coefficient (Wildman–Crippen LogP) is 2.23. The molecule has 0 aromatic heterocycles. The third kappa shape index (κ3) is 3.01. The summed E-state index contributed by atoms with van der Waals surface area (Å²) in [6, 6.07) is 5.33. The highest BCUT2D eigenvalue weighted by atomic mass is 16.6. The summed E-state index contributed by atoms with van der Waals surface area (Å²) in [7, 11) is 1.86. The standard InChI is InChI=1S/C14H21N3O3/c1-3-15-12-5-4-6-13(14(12)17(19)20)16(2)9-10-7-11(18)8-10/h4-6,10-11,15,18H,3,7-9H2,1-2H3. The second kappa shape index (κ2) is 6.09. The largest absolute Gasteiger partial charge is 0.393 e. The first-order chi connectivity index (χ1) is 9.52. The van der Waals surface area contributed by atoms with Crippen LogP contribution in [0.15, 0.2) is 18.2 Å². The highest BCUT2D eigenvalue weighted by molar-refractivity contribution is 5.76. The molecule has 1 saturated carbocycles. The minimum absolute atomic E-state index is 0.122. The molecule has 2 N–H and O–H groups in total. The van der Waals surface area contributed by atoms with Gasteiger partial charge < -0.3 is 15.3 Å². The van der Waals surface area contributed by atoms with Crippen LogP contribution < -0.4 is 10.2 Å². The summed E-state index contributed by atoms with van der Waals surface area (Å²) in [4.78, 5) is 12.9. The van der Waals surface area contributed by atoms with E-state index in [4.69, 9.17) is 0 Å². The molecular formula is C14H21N3O3. The summed E-state index contributed by atoms with van der Waals surface area (Å²) < 4.78 is 0. The summed E-state index contributed by atoms with van der Waals surface area (Å²) >= 11 is 0. The predicted molar refractivity (Wildman–Crippen MR) is 79.3 cm³/mol. The van der Waals surface area contributed by atoms with Gasteiger partial charge in [-0.3, -0.25) is 10.1 Å². The molecule has 0 spiro atoms. The maximum absolute atomic E-state index is 11.3. The Kier molecular flexibility index (Phi) is 4.44. The van der Waals surface area contributed by atoms with Gasteiger partial charge in [0.05, 0.1) is 11.0 Å². The molecule has 1 aromatic carbocycles. The van der Waals surface area contributed by atoms with Crippen molar-refractivity contribution in [2.75, 3.05) is 30.4 Å². The van der Waals surface area contributed by atoms with E-state index in [-0.39, 0.29) is 16.7 Å². The van der Waals surface area contributed by atoms with Crippen molar-refractivity contribution in [3.05, 3.63) is 28.3 Å². The topological polar surface area (TPSA) is 78.6 Å². The Morgan fingerprint density at radius 1 is 1.50 bits per heavy atom. The van der Waals surface area contributed by atoms with Gasteiger partial charge in [0.2, 0.25) is 0 Å². The molecule has 0 radical (unpaired) electrons. The Morgan fingerprint density at radius 3 is 2.75 bits per heavy atom. The van der Waals surface area contributed by atoms with Crippen molar-refractivity contribution in [3.63, 3.8) is 0 Å². The number of hydrogen-bond donors (Lipinski definition) is 2. The van der Waals surface area contributed by atoms with Gasteiger partial charge in [0, 0.05) is 20.1 Å². The minimum Gasteiger partial charge on any atom is -0.393 e. The van der Waals surface area contributed by atoms with Crippen LogP contribution in [-0.2, 0) is 0 Å². The molecule has 0 saturated heterocycles. The summed E-state index contributed by atoms with van der Waals surface area (Å²) in [6.07, 6.45) is 1.37. The zero-order valence-electron chi connectivity index (χ0n) is 11.9. The average Bonchev–Trinajstić information content (AvgIpc) is 2.36. The fraction of sp³-hybridized carbons (Fsp3) is 0.571. The first-order valence-corrected chi connectivity index (χ1v) is 6.93. The Hall–Kier alpha value is -1.82. The highest BCUT2D eigenvalue weighted by Crippen LogP contribution is 2.36. The monoisotopic (exact) mass is 279 g/mol. The average molecular weight is 279 g/mol. The molecule has 1 aliphatic rings. The highest BCUT2D eigenvalue weighted by Gasteiger charge is 2.30. The maximum atomic E-state index is 11.3. The molecule has 0 bridgehead atoms. The zero-order valence-corrected chi connectivity index (χ0v) is 11.9. The first kappa shape index (κ1) is 14.6. The van der Waals surface area contributed by atoms with Crippen molar-refractivity contribution in [2.45, 2.75) is 25.9 Å². The van der Waals surface area contributed by atoms with Crippen molar-refractivity contribution in [1.29, 1.82) is 0 Å². The molecule has 6 nitrogen and oxygen atoms in total. The van der Waals surface area contributed by atoms with Crippen molar-refractivity contribution in [2.24, 2.45) is 5.92 Å². The van der Waals surface area contributed by atoms with Crippen molar-refractivity contribution < 1.29 is 10.0 Å². The maximum Gasteiger partial charge on any atom is 0.315 e. The number of nitrogens with one attached hydrogen (secondary N) is 1. The van der Waals surface area contributed by atoms with Crippen LogP contribution in [0.5, 0.6) is 0 Å². The number of benzene rings is 1. The van der Waals surface area contributed by atoms with E-state index in [0.29, 0.717) is 23.8 Å². The number of aliphatic hydroxyl groups excluding tert-OH is 1. The lowest BCUT2D eigenvalue weighted by Gasteiger charge is -2.35. The molecule has 1 fully saturated rings. The molecule has 1 aromatic rings. The fourth-order valence-corrected chi connectivity index (χ4v) is 2.70. The SMILES string of the molecule is CCNc1cccc(N(C)CC2CC(O)C2)c1[N+](=O)[O-]. The van der Waals surface area contributed by atoms with E-state index in [0.717, 1.165) is 19.4 Å². The van der Waals surface area contributed by atoms with Gasteiger partial charge in [0.15, 0.2) is 0 Å². The molecule has 110 valence electrons. The van der Waals surface area contributed by atoms with E-state index >= 15 is 0 Å². The number of hydrogen-bond acceptors (Lipinski definition) is 5. The number of aliphatic hydroxyl groups is 1. The number of nitro benzene ring substituents is 1. The third-order valence-electron chi connectivity index (χ3n) is 3.72.